The van der Waals surface area contributed by atoms with E-state index in [-0.39, 0.29) is 17.9 Å². The molecule has 0 radical (unpaired) electrons. The highest BCUT2D eigenvalue weighted by Gasteiger charge is 2.26. The van der Waals surface area contributed by atoms with E-state index in [9.17, 15) is 4.79 Å². The van der Waals surface area contributed by atoms with E-state index >= 15 is 0 Å². The van der Waals surface area contributed by atoms with Gasteiger partial charge in [-0.1, -0.05) is 41.4 Å². The summed E-state index contributed by atoms with van der Waals surface area (Å²) in [6.45, 7) is 4.56. The number of carbonyl (C=O) groups excluding carboxylic acids is 1. The molecule has 0 unspecified atom stereocenters. The van der Waals surface area contributed by atoms with Crippen molar-refractivity contribution >= 4 is 29.1 Å². The van der Waals surface area contributed by atoms with E-state index in [0.29, 0.717) is 10.0 Å². The van der Waals surface area contributed by atoms with Gasteiger partial charge in [-0.2, -0.15) is 0 Å². The molecule has 1 atom stereocenters. The first-order valence-corrected chi connectivity index (χ1v) is 10.3. The van der Waals surface area contributed by atoms with Crippen LogP contribution in [-0.2, 0) is 11.3 Å². The maximum Gasteiger partial charge on any atom is 0.223 e. The standard InChI is InChI=1S/C22H26Cl2N2O2/c1-15(16-4-7-20(28-2)8-5-16)25-22(27)17-9-11-26(12-10-17)14-18-3-6-19(23)13-21(18)24/h3-8,13,15,17H,9-12,14H2,1-2H3,(H,25,27)/t15-/m1/s1. The second-order valence-corrected chi connectivity index (χ2v) is 8.13. The SMILES string of the molecule is COc1ccc([C@@H](C)NC(=O)C2CCN(Cc3ccc(Cl)cc3Cl)CC2)cc1. The van der Waals surface area contributed by atoms with Crippen LogP contribution in [0, 0.1) is 5.92 Å². The van der Waals surface area contributed by atoms with Crippen molar-refractivity contribution in [2.75, 3.05) is 20.2 Å². The molecule has 0 saturated carbocycles. The number of hydrogen-bond donors (Lipinski definition) is 1. The van der Waals surface area contributed by atoms with Crippen LogP contribution in [0.5, 0.6) is 5.75 Å². The number of benzene rings is 2. The van der Waals surface area contributed by atoms with Crippen molar-refractivity contribution in [1.29, 1.82) is 0 Å². The molecule has 1 heterocycles. The minimum atomic E-state index is -0.0238. The van der Waals surface area contributed by atoms with Gasteiger partial charge in [-0.3, -0.25) is 9.69 Å². The average Bonchev–Trinajstić information content (AvgIpc) is 2.70. The molecule has 1 aliphatic rings. The molecule has 3 rings (SSSR count). The molecule has 1 aliphatic heterocycles. The summed E-state index contributed by atoms with van der Waals surface area (Å²) in [5.41, 5.74) is 2.14. The van der Waals surface area contributed by atoms with Crippen LogP contribution in [-0.4, -0.2) is 31.0 Å². The predicted molar refractivity (Wildman–Crippen MR) is 114 cm³/mol. The summed E-state index contributed by atoms with van der Waals surface area (Å²) in [6, 6.07) is 13.4. The summed E-state index contributed by atoms with van der Waals surface area (Å²) in [7, 11) is 1.65. The Morgan fingerprint density at radius 3 is 2.46 bits per heavy atom. The first-order valence-electron chi connectivity index (χ1n) is 9.57. The quantitative estimate of drug-likeness (QED) is 0.707. The third kappa shape index (κ3) is 5.40. The number of methoxy groups -OCH3 is 1. The molecule has 1 saturated heterocycles. The normalized spacial score (nSPS) is 16.6. The number of likely N-dealkylation sites (tertiary alicyclic amines) is 1. The molecule has 150 valence electrons. The van der Waals surface area contributed by atoms with Crippen molar-refractivity contribution in [3.05, 3.63) is 63.6 Å². The van der Waals surface area contributed by atoms with Crippen LogP contribution in [0.15, 0.2) is 42.5 Å². The van der Waals surface area contributed by atoms with E-state index < -0.39 is 0 Å². The third-order valence-corrected chi connectivity index (χ3v) is 5.93. The van der Waals surface area contributed by atoms with Crippen LogP contribution in [0.3, 0.4) is 0 Å². The summed E-state index contributed by atoms with van der Waals surface area (Å²) < 4.78 is 5.18. The molecule has 4 nitrogen and oxygen atoms in total. The van der Waals surface area contributed by atoms with Crippen LogP contribution >= 0.6 is 23.2 Å². The summed E-state index contributed by atoms with van der Waals surface area (Å²) in [5, 5.41) is 4.49. The number of rotatable bonds is 6. The van der Waals surface area contributed by atoms with Crippen LogP contribution in [0.2, 0.25) is 10.0 Å². The van der Waals surface area contributed by atoms with Gasteiger partial charge in [0.2, 0.25) is 5.91 Å². The zero-order valence-electron chi connectivity index (χ0n) is 16.3. The minimum absolute atomic E-state index is 0.0238. The van der Waals surface area contributed by atoms with Gasteiger partial charge in [-0.15, -0.1) is 0 Å². The Hall–Kier alpha value is -1.75. The largest absolute Gasteiger partial charge is 0.497 e. The second-order valence-electron chi connectivity index (χ2n) is 7.29. The van der Waals surface area contributed by atoms with Crippen LogP contribution in [0.4, 0.5) is 0 Å². The van der Waals surface area contributed by atoms with Gasteiger partial charge in [0.05, 0.1) is 13.2 Å². The van der Waals surface area contributed by atoms with E-state index in [2.05, 4.69) is 10.2 Å². The molecule has 6 heteroatoms. The maximum atomic E-state index is 12.7. The Morgan fingerprint density at radius 2 is 1.86 bits per heavy atom. The van der Waals surface area contributed by atoms with Crippen molar-refractivity contribution in [1.82, 2.24) is 10.2 Å². The van der Waals surface area contributed by atoms with Crippen molar-refractivity contribution in [2.24, 2.45) is 5.92 Å². The van der Waals surface area contributed by atoms with E-state index in [4.69, 9.17) is 27.9 Å². The summed E-state index contributed by atoms with van der Waals surface area (Å²) in [6.07, 6.45) is 1.71. The number of nitrogens with zero attached hydrogens (tertiary/aromatic N) is 1. The number of ether oxygens (including phenoxy) is 1. The number of amides is 1. The first kappa shape index (κ1) is 21.0. The predicted octanol–water partition coefficient (Wildman–Crippen LogP) is 5.09. The highest BCUT2D eigenvalue weighted by Crippen LogP contribution is 2.25. The maximum absolute atomic E-state index is 12.7. The topological polar surface area (TPSA) is 41.6 Å². The van der Waals surface area contributed by atoms with Gasteiger partial charge in [-0.05, 0) is 68.2 Å². The number of nitrogens with one attached hydrogen (secondary N) is 1. The van der Waals surface area contributed by atoms with Gasteiger partial charge in [0.15, 0.2) is 0 Å². The molecule has 0 aliphatic carbocycles. The number of piperidine rings is 1. The van der Waals surface area contributed by atoms with Crippen molar-refractivity contribution in [2.45, 2.75) is 32.4 Å². The fraction of sp³-hybridized carbons (Fsp3) is 0.409. The molecule has 28 heavy (non-hydrogen) atoms. The fourth-order valence-corrected chi connectivity index (χ4v) is 4.02. The van der Waals surface area contributed by atoms with Gasteiger partial charge in [-0.25, -0.2) is 0 Å². The molecule has 0 aromatic heterocycles. The molecular formula is C22H26Cl2N2O2. The van der Waals surface area contributed by atoms with Crippen LogP contribution in [0.1, 0.15) is 36.9 Å². The van der Waals surface area contributed by atoms with E-state index in [1.165, 1.54) is 0 Å². The second kappa shape index (κ2) is 9.64. The Kier molecular flexibility index (Phi) is 7.22. The van der Waals surface area contributed by atoms with Crippen LogP contribution in [0.25, 0.3) is 0 Å². The van der Waals surface area contributed by atoms with E-state index in [1.54, 1.807) is 13.2 Å². The lowest BCUT2D eigenvalue weighted by Crippen LogP contribution is -2.40. The highest BCUT2D eigenvalue weighted by atomic mass is 35.5. The first-order chi connectivity index (χ1) is 13.5. The van der Waals surface area contributed by atoms with Crippen LogP contribution < -0.4 is 10.1 Å². The molecular weight excluding hydrogens is 395 g/mol. The lowest BCUT2D eigenvalue weighted by Gasteiger charge is -2.32. The van der Waals surface area contributed by atoms with Gasteiger partial charge in [0, 0.05) is 22.5 Å². The minimum Gasteiger partial charge on any atom is -0.497 e. The van der Waals surface area contributed by atoms with Crippen molar-refractivity contribution in [3.63, 3.8) is 0 Å². The summed E-state index contributed by atoms with van der Waals surface area (Å²) >= 11 is 12.2. The zero-order valence-corrected chi connectivity index (χ0v) is 17.8. The smallest absolute Gasteiger partial charge is 0.223 e. The third-order valence-electron chi connectivity index (χ3n) is 5.34. The number of carbonyl (C=O) groups is 1. The van der Waals surface area contributed by atoms with Crippen molar-refractivity contribution < 1.29 is 9.53 Å². The molecule has 2 aromatic rings. The molecule has 1 N–H and O–H groups in total. The van der Waals surface area contributed by atoms with Gasteiger partial charge in [0.1, 0.15) is 5.75 Å². The van der Waals surface area contributed by atoms with Crippen molar-refractivity contribution in [3.8, 4) is 5.75 Å². The van der Waals surface area contributed by atoms with Gasteiger partial charge >= 0.3 is 0 Å². The lowest BCUT2D eigenvalue weighted by molar-refractivity contribution is -0.127. The molecule has 1 amide bonds. The Labute approximate surface area is 176 Å². The molecule has 2 aromatic carbocycles. The zero-order chi connectivity index (χ0) is 20.1. The lowest BCUT2D eigenvalue weighted by atomic mass is 9.95. The van der Waals surface area contributed by atoms with Gasteiger partial charge < -0.3 is 10.1 Å². The van der Waals surface area contributed by atoms with E-state index in [0.717, 1.165) is 49.4 Å². The summed E-state index contributed by atoms with van der Waals surface area (Å²) in [4.78, 5) is 15.0. The fourth-order valence-electron chi connectivity index (χ4n) is 3.55. The van der Waals surface area contributed by atoms with Gasteiger partial charge in [0.25, 0.3) is 0 Å². The average molecular weight is 421 g/mol. The molecule has 0 spiro atoms. The molecule has 1 fully saturated rings. The Bertz CT molecular complexity index is 803. The highest BCUT2D eigenvalue weighted by molar-refractivity contribution is 6.35. The Balaban J connectivity index is 1.49. The molecule has 0 bridgehead atoms. The number of hydrogen-bond acceptors (Lipinski definition) is 3. The monoisotopic (exact) mass is 420 g/mol. The Morgan fingerprint density at radius 1 is 1.18 bits per heavy atom. The summed E-state index contributed by atoms with van der Waals surface area (Å²) in [5.74, 6) is 1.00. The van der Waals surface area contributed by atoms with E-state index in [1.807, 2.05) is 43.3 Å². The number of halogens is 2.